The van der Waals surface area contributed by atoms with Gasteiger partial charge in [-0.15, -0.1) is 0 Å². The van der Waals surface area contributed by atoms with Crippen LogP contribution in [0.3, 0.4) is 0 Å². The van der Waals surface area contributed by atoms with E-state index in [2.05, 4.69) is 5.32 Å². The molecule has 2 rings (SSSR count). The second kappa shape index (κ2) is 4.61. The van der Waals surface area contributed by atoms with Crippen LogP contribution in [-0.2, 0) is 0 Å². The van der Waals surface area contributed by atoms with Crippen LogP contribution in [0.1, 0.15) is 0 Å². The zero-order valence-corrected chi connectivity index (χ0v) is 9.19. The maximum atomic E-state index is 5.20. The first kappa shape index (κ1) is 10.4. The highest BCUT2D eigenvalue weighted by Crippen LogP contribution is 2.31. The molecule has 84 valence electrons. The van der Waals surface area contributed by atoms with Crippen molar-refractivity contribution >= 4 is 11.6 Å². The summed E-state index contributed by atoms with van der Waals surface area (Å²) in [6.45, 7) is 0. The molecular formula is C12H13NO3. The highest BCUT2D eigenvalue weighted by molar-refractivity contribution is 5.60. The van der Waals surface area contributed by atoms with Crippen molar-refractivity contribution in [3.05, 3.63) is 36.6 Å². The minimum absolute atomic E-state index is 0.680. The van der Waals surface area contributed by atoms with E-state index in [1.165, 1.54) is 0 Å². The first-order valence-electron chi connectivity index (χ1n) is 4.86. The molecule has 0 unspecified atom stereocenters. The number of anilines is 2. The lowest BCUT2D eigenvalue weighted by molar-refractivity contribution is 0.355. The number of benzene rings is 1. The Morgan fingerprint density at radius 3 is 2.50 bits per heavy atom. The number of hydrogen-bond donors (Lipinski definition) is 1. The summed E-state index contributed by atoms with van der Waals surface area (Å²) in [4.78, 5) is 0. The lowest BCUT2D eigenvalue weighted by Gasteiger charge is -2.09. The van der Waals surface area contributed by atoms with Crippen LogP contribution in [0.5, 0.6) is 11.5 Å². The Kier molecular flexibility index (Phi) is 3.00. The third-order valence-corrected chi connectivity index (χ3v) is 2.17. The van der Waals surface area contributed by atoms with Gasteiger partial charge in [-0.25, -0.2) is 0 Å². The third-order valence-electron chi connectivity index (χ3n) is 2.17. The quantitative estimate of drug-likeness (QED) is 0.858. The molecule has 4 nitrogen and oxygen atoms in total. The first-order valence-corrected chi connectivity index (χ1v) is 4.86. The Morgan fingerprint density at radius 1 is 1.06 bits per heavy atom. The van der Waals surface area contributed by atoms with Crippen molar-refractivity contribution < 1.29 is 13.9 Å². The van der Waals surface area contributed by atoms with Crippen LogP contribution in [0.15, 0.2) is 41.0 Å². The van der Waals surface area contributed by atoms with Gasteiger partial charge in [0.2, 0.25) is 0 Å². The topological polar surface area (TPSA) is 43.6 Å². The Morgan fingerprint density at radius 2 is 1.88 bits per heavy atom. The molecule has 1 aromatic carbocycles. The summed E-state index contributed by atoms with van der Waals surface area (Å²) in [6, 6.07) is 9.25. The molecule has 0 spiro atoms. The largest absolute Gasteiger partial charge is 0.493 e. The van der Waals surface area contributed by atoms with Gasteiger partial charge in [-0.1, -0.05) is 0 Å². The molecule has 0 atom stereocenters. The molecule has 0 saturated carbocycles. The Labute approximate surface area is 93.8 Å². The summed E-state index contributed by atoms with van der Waals surface area (Å²) in [5.41, 5.74) is 0.882. The van der Waals surface area contributed by atoms with Crippen LogP contribution in [0, 0.1) is 0 Å². The Hall–Kier alpha value is -2.10. The maximum absolute atomic E-state index is 5.20. The maximum Gasteiger partial charge on any atom is 0.196 e. The molecule has 0 radical (unpaired) electrons. The second-order valence-electron chi connectivity index (χ2n) is 3.17. The van der Waals surface area contributed by atoms with Gasteiger partial charge in [0, 0.05) is 17.8 Å². The van der Waals surface area contributed by atoms with Crippen LogP contribution in [0.2, 0.25) is 0 Å². The fraction of sp³-hybridized carbons (Fsp3) is 0.167. The van der Waals surface area contributed by atoms with Crippen molar-refractivity contribution in [2.75, 3.05) is 19.5 Å². The number of furan rings is 1. The van der Waals surface area contributed by atoms with Gasteiger partial charge in [-0.2, -0.15) is 0 Å². The highest BCUT2D eigenvalue weighted by atomic mass is 16.5. The zero-order chi connectivity index (χ0) is 11.4. The van der Waals surface area contributed by atoms with E-state index in [0.29, 0.717) is 17.4 Å². The van der Waals surface area contributed by atoms with Crippen LogP contribution in [-0.4, -0.2) is 14.2 Å². The molecule has 0 amide bonds. The van der Waals surface area contributed by atoms with E-state index in [1.807, 2.05) is 30.3 Å². The van der Waals surface area contributed by atoms with Crippen molar-refractivity contribution in [3.8, 4) is 11.5 Å². The van der Waals surface area contributed by atoms with Gasteiger partial charge in [-0.3, -0.25) is 0 Å². The molecule has 1 heterocycles. The van der Waals surface area contributed by atoms with E-state index < -0.39 is 0 Å². The predicted octanol–water partition coefficient (Wildman–Crippen LogP) is 3.04. The second-order valence-corrected chi connectivity index (χ2v) is 3.17. The van der Waals surface area contributed by atoms with Crippen molar-refractivity contribution in [2.45, 2.75) is 0 Å². The third kappa shape index (κ3) is 2.11. The number of methoxy groups -OCH3 is 2. The van der Waals surface area contributed by atoms with Gasteiger partial charge >= 0.3 is 0 Å². The van der Waals surface area contributed by atoms with Crippen LogP contribution < -0.4 is 14.8 Å². The van der Waals surface area contributed by atoms with E-state index in [0.717, 1.165) is 5.69 Å². The van der Waals surface area contributed by atoms with Gasteiger partial charge in [0.25, 0.3) is 0 Å². The molecule has 0 aliphatic rings. The zero-order valence-electron chi connectivity index (χ0n) is 9.19. The van der Waals surface area contributed by atoms with Crippen LogP contribution >= 0.6 is 0 Å². The number of hydrogen-bond acceptors (Lipinski definition) is 4. The molecule has 4 heteroatoms. The average Bonchev–Trinajstić information content (AvgIpc) is 2.81. The van der Waals surface area contributed by atoms with E-state index >= 15 is 0 Å². The van der Waals surface area contributed by atoms with Crippen molar-refractivity contribution in [3.63, 3.8) is 0 Å². The van der Waals surface area contributed by atoms with Crippen molar-refractivity contribution in [2.24, 2.45) is 0 Å². The lowest BCUT2D eigenvalue weighted by atomic mass is 10.2. The average molecular weight is 219 g/mol. The smallest absolute Gasteiger partial charge is 0.196 e. The summed E-state index contributed by atoms with van der Waals surface area (Å²) in [6.07, 6.45) is 1.61. The van der Waals surface area contributed by atoms with E-state index in [1.54, 1.807) is 20.5 Å². The summed E-state index contributed by atoms with van der Waals surface area (Å²) in [5.74, 6) is 2.07. The Bertz CT molecular complexity index is 451. The highest BCUT2D eigenvalue weighted by Gasteiger charge is 2.05. The molecule has 16 heavy (non-hydrogen) atoms. The van der Waals surface area contributed by atoms with Gasteiger partial charge in [0.1, 0.15) is 0 Å². The fourth-order valence-corrected chi connectivity index (χ4v) is 1.41. The van der Waals surface area contributed by atoms with E-state index in [9.17, 15) is 0 Å². The van der Waals surface area contributed by atoms with Crippen LogP contribution in [0.4, 0.5) is 11.6 Å². The summed E-state index contributed by atoms with van der Waals surface area (Å²) in [5, 5.41) is 3.11. The van der Waals surface area contributed by atoms with Gasteiger partial charge in [-0.05, 0) is 18.2 Å². The SMILES string of the molecule is COc1ccc(Nc2ccco2)cc1OC. The summed E-state index contributed by atoms with van der Waals surface area (Å²) in [7, 11) is 3.21. The van der Waals surface area contributed by atoms with Gasteiger partial charge in [0.15, 0.2) is 17.4 Å². The minimum atomic E-state index is 0.680. The normalized spacial score (nSPS) is 9.88. The molecular weight excluding hydrogens is 206 g/mol. The molecule has 0 fully saturated rings. The Balaban J connectivity index is 2.22. The molecule has 0 aliphatic carbocycles. The molecule has 1 N–H and O–H groups in total. The lowest BCUT2D eigenvalue weighted by Crippen LogP contribution is -1.93. The monoisotopic (exact) mass is 219 g/mol. The van der Waals surface area contributed by atoms with Gasteiger partial charge in [0.05, 0.1) is 20.5 Å². The summed E-state index contributed by atoms with van der Waals surface area (Å²) < 4.78 is 15.5. The summed E-state index contributed by atoms with van der Waals surface area (Å²) >= 11 is 0. The van der Waals surface area contributed by atoms with Crippen molar-refractivity contribution in [1.82, 2.24) is 0 Å². The molecule has 1 aromatic heterocycles. The minimum Gasteiger partial charge on any atom is -0.493 e. The van der Waals surface area contributed by atoms with Gasteiger partial charge < -0.3 is 19.2 Å². The molecule has 2 aromatic rings. The number of ether oxygens (including phenoxy) is 2. The molecule has 0 bridgehead atoms. The van der Waals surface area contributed by atoms with Crippen LogP contribution in [0.25, 0.3) is 0 Å². The molecule has 0 saturated heterocycles. The van der Waals surface area contributed by atoms with Crippen molar-refractivity contribution in [1.29, 1.82) is 0 Å². The van der Waals surface area contributed by atoms with E-state index in [4.69, 9.17) is 13.9 Å². The molecule has 0 aliphatic heterocycles. The number of nitrogens with one attached hydrogen (secondary N) is 1. The standard InChI is InChI=1S/C12H13NO3/c1-14-10-6-5-9(8-11(10)15-2)13-12-4-3-7-16-12/h3-8,13H,1-2H3. The first-order chi connectivity index (χ1) is 7.83. The van der Waals surface area contributed by atoms with E-state index in [-0.39, 0.29) is 0 Å². The fourth-order valence-electron chi connectivity index (χ4n) is 1.41. The number of rotatable bonds is 4. The predicted molar refractivity (Wildman–Crippen MR) is 61.5 cm³/mol.